The molecule has 0 aliphatic carbocycles. The molecule has 3 N–H and O–H groups in total. The lowest BCUT2D eigenvalue weighted by atomic mass is 10.2. The molecule has 0 bridgehead atoms. The van der Waals surface area contributed by atoms with E-state index in [9.17, 15) is 9.59 Å². The van der Waals surface area contributed by atoms with Crippen LogP contribution in [0.25, 0.3) is 10.8 Å². The molecule has 0 aliphatic rings. The number of nitrogens with two attached hydrogens (primary N) is 1. The molecule has 0 amide bonds. The highest BCUT2D eigenvalue weighted by molar-refractivity contribution is 7.80. The molecule has 5 nitrogen and oxygen atoms in total. The maximum atomic E-state index is 11.7. The molecule has 0 saturated heterocycles. The summed E-state index contributed by atoms with van der Waals surface area (Å²) in [4.78, 5) is 23.3. The molecular weight excluding hydrogens is 214 g/mol. The van der Waals surface area contributed by atoms with Crippen LogP contribution in [0.1, 0.15) is 0 Å². The fourth-order valence-corrected chi connectivity index (χ4v) is 1.48. The first kappa shape index (κ1) is 9.60. The van der Waals surface area contributed by atoms with Gasteiger partial charge in [-0.15, -0.1) is 0 Å². The Morgan fingerprint density at radius 3 is 2.47 bits per heavy atom. The largest absolute Gasteiger partial charge is 0.374 e. The zero-order valence-corrected chi connectivity index (χ0v) is 8.38. The minimum Gasteiger partial charge on any atom is -0.374 e. The highest BCUT2D eigenvalue weighted by Crippen LogP contribution is 2.01. The summed E-state index contributed by atoms with van der Waals surface area (Å²) < 4.78 is 0.861. The molecule has 0 saturated carbocycles. The van der Waals surface area contributed by atoms with Crippen LogP contribution in [-0.2, 0) is 0 Å². The van der Waals surface area contributed by atoms with Crippen LogP contribution in [-0.4, -0.2) is 14.9 Å². The van der Waals surface area contributed by atoms with Crippen molar-refractivity contribution in [2.24, 2.45) is 5.73 Å². The summed E-state index contributed by atoms with van der Waals surface area (Å²) >= 11 is 4.64. The van der Waals surface area contributed by atoms with Crippen LogP contribution in [0.3, 0.4) is 0 Å². The highest BCUT2D eigenvalue weighted by Gasteiger charge is 2.06. The molecule has 2 rings (SSSR count). The standard InChI is InChI=1S/C9H7N3O2S/c10-9(15)12-8(14)6-4-2-1-3-5(6)7(13)11-12/h1-4H,(H2,10,15)(H,11,13). The normalized spacial score (nSPS) is 10.4. The van der Waals surface area contributed by atoms with Crippen molar-refractivity contribution in [3.05, 3.63) is 45.0 Å². The van der Waals surface area contributed by atoms with Gasteiger partial charge in [0.15, 0.2) is 5.11 Å². The van der Waals surface area contributed by atoms with Gasteiger partial charge in [0.1, 0.15) is 0 Å². The van der Waals surface area contributed by atoms with Gasteiger partial charge in [-0.05, 0) is 24.4 Å². The molecule has 0 atom stereocenters. The molecule has 15 heavy (non-hydrogen) atoms. The monoisotopic (exact) mass is 221 g/mol. The van der Waals surface area contributed by atoms with Crippen molar-refractivity contribution in [2.45, 2.75) is 0 Å². The van der Waals surface area contributed by atoms with Crippen LogP contribution in [0, 0.1) is 0 Å². The Bertz CT molecular complexity index is 656. The molecule has 0 spiro atoms. The van der Waals surface area contributed by atoms with Gasteiger partial charge in [0.25, 0.3) is 11.1 Å². The van der Waals surface area contributed by atoms with Gasteiger partial charge in [0, 0.05) is 0 Å². The third kappa shape index (κ3) is 1.44. The lowest BCUT2D eigenvalue weighted by molar-refractivity contribution is 0.851. The lowest BCUT2D eigenvalue weighted by Gasteiger charge is -2.03. The minimum absolute atomic E-state index is 0.178. The molecule has 0 fully saturated rings. The molecule has 1 heterocycles. The van der Waals surface area contributed by atoms with E-state index in [2.05, 4.69) is 17.3 Å². The van der Waals surface area contributed by atoms with Crippen molar-refractivity contribution in [1.29, 1.82) is 0 Å². The van der Waals surface area contributed by atoms with Gasteiger partial charge in [0.05, 0.1) is 10.8 Å². The molecule has 0 radical (unpaired) electrons. The van der Waals surface area contributed by atoms with Crippen LogP contribution in [0.4, 0.5) is 0 Å². The number of benzene rings is 1. The topological polar surface area (TPSA) is 80.9 Å². The maximum absolute atomic E-state index is 11.7. The summed E-state index contributed by atoms with van der Waals surface area (Å²) in [5.74, 6) is 0. The summed E-state index contributed by atoms with van der Waals surface area (Å²) in [6, 6.07) is 6.48. The quantitative estimate of drug-likeness (QED) is 0.603. The van der Waals surface area contributed by atoms with Gasteiger partial charge < -0.3 is 5.73 Å². The van der Waals surface area contributed by atoms with E-state index < -0.39 is 11.1 Å². The fraction of sp³-hybridized carbons (Fsp3) is 0. The predicted octanol–water partition coefficient (Wildman–Crippen LogP) is -0.219. The lowest BCUT2D eigenvalue weighted by Crippen LogP contribution is -2.37. The zero-order chi connectivity index (χ0) is 11.0. The van der Waals surface area contributed by atoms with Gasteiger partial charge in [-0.3, -0.25) is 14.7 Å². The van der Waals surface area contributed by atoms with Crippen LogP contribution < -0.4 is 16.9 Å². The summed E-state index contributed by atoms with van der Waals surface area (Å²) in [5, 5.41) is 2.75. The Kier molecular flexibility index (Phi) is 2.12. The number of nitrogens with zero attached hydrogens (tertiary/aromatic N) is 1. The number of hydrogen-bond acceptors (Lipinski definition) is 3. The number of nitrogens with one attached hydrogen (secondary N) is 1. The fourth-order valence-electron chi connectivity index (χ4n) is 1.36. The van der Waals surface area contributed by atoms with E-state index in [1.807, 2.05) is 0 Å². The number of rotatable bonds is 0. The Balaban J connectivity index is 3.04. The van der Waals surface area contributed by atoms with Crippen LogP contribution in [0.5, 0.6) is 0 Å². The van der Waals surface area contributed by atoms with E-state index in [1.54, 1.807) is 24.3 Å². The third-order valence-corrected chi connectivity index (χ3v) is 2.22. The van der Waals surface area contributed by atoms with E-state index >= 15 is 0 Å². The average molecular weight is 221 g/mol. The second-order valence-electron chi connectivity index (χ2n) is 2.97. The molecule has 1 aromatic heterocycles. The number of aromatic nitrogens is 2. The smallest absolute Gasteiger partial charge is 0.279 e. The number of H-pyrrole nitrogens is 1. The molecule has 2 aromatic rings. The molecule has 6 heteroatoms. The molecule has 0 aliphatic heterocycles. The molecule has 0 unspecified atom stereocenters. The van der Waals surface area contributed by atoms with Gasteiger partial charge in [0.2, 0.25) is 0 Å². The molecule has 1 aromatic carbocycles. The van der Waals surface area contributed by atoms with Crippen molar-refractivity contribution < 1.29 is 0 Å². The maximum Gasteiger partial charge on any atom is 0.279 e. The van der Waals surface area contributed by atoms with Crippen molar-refractivity contribution in [1.82, 2.24) is 9.78 Å². The van der Waals surface area contributed by atoms with Gasteiger partial charge in [-0.25, -0.2) is 0 Å². The Hall–Kier alpha value is -1.95. The first-order valence-electron chi connectivity index (χ1n) is 4.15. The van der Waals surface area contributed by atoms with E-state index in [0.29, 0.717) is 10.8 Å². The minimum atomic E-state index is -0.419. The third-order valence-electron chi connectivity index (χ3n) is 2.04. The van der Waals surface area contributed by atoms with Crippen molar-refractivity contribution >= 4 is 28.1 Å². The predicted molar refractivity (Wildman–Crippen MR) is 61.0 cm³/mol. The van der Waals surface area contributed by atoms with Crippen molar-refractivity contribution in [3.63, 3.8) is 0 Å². The first-order valence-corrected chi connectivity index (χ1v) is 4.56. The van der Waals surface area contributed by atoms with E-state index in [1.165, 1.54) is 0 Å². The van der Waals surface area contributed by atoms with Crippen molar-refractivity contribution in [2.75, 3.05) is 0 Å². The number of fused-ring (bicyclic) bond motifs is 1. The zero-order valence-electron chi connectivity index (χ0n) is 7.56. The van der Waals surface area contributed by atoms with Gasteiger partial charge in [-0.1, -0.05) is 12.1 Å². The summed E-state index contributed by atoms with van der Waals surface area (Å²) in [5.41, 5.74) is 4.49. The van der Waals surface area contributed by atoms with Crippen LogP contribution in [0.15, 0.2) is 33.9 Å². The number of thiocarbonyl (C=S) groups is 1. The number of hydrogen-bond donors (Lipinski definition) is 2. The van der Waals surface area contributed by atoms with E-state index in [-0.39, 0.29) is 5.11 Å². The Morgan fingerprint density at radius 1 is 1.27 bits per heavy atom. The van der Waals surface area contributed by atoms with Crippen molar-refractivity contribution in [3.8, 4) is 0 Å². The van der Waals surface area contributed by atoms with E-state index in [4.69, 9.17) is 5.73 Å². The van der Waals surface area contributed by atoms with Gasteiger partial charge in [-0.2, -0.15) is 4.68 Å². The summed E-state index contributed by atoms with van der Waals surface area (Å²) in [6.45, 7) is 0. The first-order chi connectivity index (χ1) is 7.11. The highest BCUT2D eigenvalue weighted by atomic mass is 32.1. The SMILES string of the molecule is NC(=S)n1[nH]c(=O)c2ccccc2c1=O. The molecule has 76 valence electrons. The summed E-state index contributed by atoms with van der Waals surface area (Å²) in [6.07, 6.45) is 0. The van der Waals surface area contributed by atoms with E-state index in [0.717, 1.165) is 4.68 Å². The average Bonchev–Trinajstić information content (AvgIpc) is 2.23. The second-order valence-corrected chi connectivity index (χ2v) is 3.38. The van der Waals surface area contributed by atoms with Crippen LogP contribution in [0.2, 0.25) is 0 Å². The number of aromatic amines is 1. The summed E-state index contributed by atoms with van der Waals surface area (Å²) in [7, 11) is 0. The Morgan fingerprint density at radius 2 is 1.87 bits per heavy atom. The van der Waals surface area contributed by atoms with Gasteiger partial charge >= 0.3 is 0 Å². The molecular formula is C9H7N3O2S. The Labute approximate surface area is 89.1 Å². The van der Waals surface area contributed by atoms with Crippen LogP contribution >= 0.6 is 12.2 Å². The second kappa shape index (κ2) is 3.32.